The molecule has 1 aromatic rings. The number of alkyl halides is 3. The lowest BCUT2D eigenvalue weighted by Gasteiger charge is -2.38. The summed E-state index contributed by atoms with van der Waals surface area (Å²) in [6.07, 6.45) is -1.67. The highest BCUT2D eigenvalue weighted by Gasteiger charge is 2.45. The van der Waals surface area contributed by atoms with Crippen LogP contribution in [0, 0.1) is 0 Å². The number of aromatic nitrogens is 1. The molecule has 146 valence electrons. The van der Waals surface area contributed by atoms with Gasteiger partial charge in [-0.1, -0.05) is 13.3 Å². The van der Waals surface area contributed by atoms with Crippen LogP contribution in [0.1, 0.15) is 52.9 Å². The van der Waals surface area contributed by atoms with Crippen LogP contribution in [-0.4, -0.2) is 46.5 Å². The van der Waals surface area contributed by atoms with Gasteiger partial charge in [-0.2, -0.15) is 18.2 Å². The highest BCUT2D eigenvalue weighted by molar-refractivity contribution is 6.58. The monoisotopic (exact) mass is 374 g/mol. The molecule has 1 fully saturated rings. The third-order valence-corrected chi connectivity index (χ3v) is 4.52. The second-order valence-corrected chi connectivity index (χ2v) is 7.33. The fourth-order valence-corrected chi connectivity index (χ4v) is 3.34. The van der Waals surface area contributed by atoms with E-state index < -0.39 is 24.9 Å². The molecule has 2 heterocycles. The number of pyridine rings is 1. The van der Waals surface area contributed by atoms with E-state index in [1.54, 1.807) is 0 Å². The molecule has 0 bridgehead atoms. The van der Waals surface area contributed by atoms with Crippen molar-refractivity contribution in [1.29, 1.82) is 0 Å². The maximum absolute atomic E-state index is 13.4. The minimum absolute atomic E-state index is 0.00535. The van der Waals surface area contributed by atoms with Crippen molar-refractivity contribution >= 4 is 18.4 Å². The summed E-state index contributed by atoms with van der Waals surface area (Å²) in [6, 6.07) is 1.01. The molecule has 0 radical (unpaired) electrons. The van der Waals surface area contributed by atoms with E-state index in [0.29, 0.717) is 12.8 Å². The Labute approximate surface area is 152 Å². The van der Waals surface area contributed by atoms with Crippen molar-refractivity contribution in [3.63, 3.8) is 0 Å². The van der Waals surface area contributed by atoms with Crippen molar-refractivity contribution in [2.24, 2.45) is 0 Å². The molecule has 0 aliphatic carbocycles. The summed E-state index contributed by atoms with van der Waals surface area (Å²) in [4.78, 5) is 5.44. The standard InChI is InChI=1S/C17H26BF3N2O3/c1-4-8-16(2,3)26-15-11-12(18(24)25)10-14(22-15)23-9-6-5-7-13(23)17(19,20)21/h10-11,13,24-25H,4-9H2,1-3H3. The molecule has 2 N–H and O–H groups in total. The fraction of sp³-hybridized carbons (Fsp3) is 0.706. The molecule has 0 amide bonds. The van der Waals surface area contributed by atoms with Crippen molar-refractivity contribution in [2.45, 2.75) is 70.7 Å². The molecular weight excluding hydrogens is 348 g/mol. The van der Waals surface area contributed by atoms with Crippen molar-refractivity contribution < 1.29 is 28.0 Å². The third-order valence-electron chi connectivity index (χ3n) is 4.52. The first-order valence-corrected chi connectivity index (χ1v) is 8.94. The number of anilines is 1. The predicted molar refractivity (Wildman–Crippen MR) is 94.7 cm³/mol. The van der Waals surface area contributed by atoms with Crippen LogP contribution in [-0.2, 0) is 0 Å². The maximum atomic E-state index is 13.4. The third kappa shape index (κ3) is 5.26. The van der Waals surface area contributed by atoms with Gasteiger partial charge in [-0.3, -0.25) is 0 Å². The number of piperidine rings is 1. The smallest absolute Gasteiger partial charge is 0.472 e. The zero-order valence-corrected chi connectivity index (χ0v) is 15.4. The van der Waals surface area contributed by atoms with E-state index >= 15 is 0 Å². The zero-order valence-electron chi connectivity index (χ0n) is 15.4. The molecule has 1 atom stereocenters. The molecule has 26 heavy (non-hydrogen) atoms. The second-order valence-electron chi connectivity index (χ2n) is 7.33. The van der Waals surface area contributed by atoms with Crippen LogP contribution in [0.5, 0.6) is 5.88 Å². The quantitative estimate of drug-likeness (QED) is 0.750. The van der Waals surface area contributed by atoms with Crippen molar-refractivity contribution in [3.05, 3.63) is 12.1 Å². The summed E-state index contributed by atoms with van der Waals surface area (Å²) in [6.45, 7) is 5.93. The Bertz CT molecular complexity index is 611. The lowest BCUT2D eigenvalue weighted by Crippen LogP contribution is -2.49. The molecule has 2 rings (SSSR count). The minimum Gasteiger partial charge on any atom is -0.472 e. The maximum Gasteiger partial charge on any atom is 0.488 e. The molecule has 1 aliphatic heterocycles. The predicted octanol–water partition coefficient (Wildman–Crippen LogP) is 2.64. The Morgan fingerprint density at radius 2 is 1.96 bits per heavy atom. The minimum atomic E-state index is -4.38. The first-order chi connectivity index (χ1) is 12.0. The van der Waals surface area contributed by atoms with E-state index in [-0.39, 0.29) is 30.1 Å². The normalized spacial score (nSPS) is 18.8. The Morgan fingerprint density at radius 1 is 1.27 bits per heavy atom. The van der Waals surface area contributed by atoms with E-state index in [4.69, 9.17) is 4.74 Å². The SMILES string of the molecule is CCCC(C)(C)Oc1cc(B(O)O)cc(N2CCCCC2C(F)(F)F)n1. The second kappa shape index (κ2) is 8.04. The zero-order chi connectivity index (χ0) is 19.5. The van der Waals surface area contributed by atoms with Gasteiger partial charge < -0.3 is 19.7 Å². The molecule has 1 aromatic heterocycles. The van der Waals surface area contributed by atoms with E-state index in [0.717, 1.165) is 12.8 Å². The summed E-state index contributed by atoms with van der Waals surface area (Å²) < 4.78 is 46.1. The summed E-state index contributed by atoms with van der Waals surface area (Å²) >= 11 is 0. The topological polar surface area (TPSA) is 65.8 Å². The molecule has 1 unspecified atom stereocenters. The van der Waals surface area contributed by atoms with Gasteiger partial charge in [-0.15, -0.1) is 0 Å². The van der Waals surface area contributed by atoms with Crippen LogP contribution in [0.15, 0.2) is 12.1 Å². The number of hydrogen-bond donors (Lipinski definition) is 2. The van der Waals surface area contributed by atoms with Gasteiger partial charge in [-0.25, -0.2) is 0 Å². The lowest BCUT2D eigenvalue weighted by molar-refractivity contribution is -0.152. The van der Waals surface area contributed by atoms with Crippen LogP contribution in [0.3, 0.4) is 0 Å². The van der Waals surface area contributed by atoms with E-state index in [9.17, 15) is 23.2 Å². The average Bonchev–Trinajstić information content (AvgIpc) is 2.53. The number of nitrogens with zero attached hydrogens (tertiary/aromatic N) is 2. The van der Waals surface area contributed by atoms with Crippen LogP contribution in [0.4, 0.5) is 19.0 Å². The average molecular weight is 374 g/mol. The largest absolute Gasteiger partial charge is 0.488 e. The summed E-state index contributed by atoms with van der Waals surface area (Å²) in [5.41, 5.74) is -0.507. The van der Waals surface area contributed by atoms with Gasteiger partial charge in [0.1, 0.15) is 17.5 Å². The molecule has 5 nitrogen and oxygen atoms in total. The van der Waals surface area contributed by atoms with Gasteiger partial charge >= 0.3 is 13.3 Å². The number of ether oxygens (including phenoxy) is 1. The summed E-state index contributed by atoms with van der Waals surface area (Å²) in [5.74, 6) is 0.149. The van der Waals surface area contributed by atoms with Gasteiger partial charge in [-0.05, 0) is 51.1 Å². The van der Waals surface area contributed by atoms with Gasteiger partial charge in [0.05, 0.1) is 0 Å². The van der Waals surface area contributed by atoms with Gasteiger partial charge in [0.15, 0.2) is 0 Å². The first kappa shape index (κ1) is 20.8. The summed E-state index contributed by atoms with van der Waals surface area (Å²) in [5, 5.41) is 19.1. The van der Waals surface area contributed by atoms with E-state index in [1.165, 1.54) is 17.0 Å². The Hall–Kier alpha value is -1.48. The molecular formula is C17H26BF3N2O3. The molecule has 1 saturated heterocycles. The number of hydrogen-bond acceptors (Lipinski definition) is 5. The van der Waals surface area contributed by atoms with Crippen LogP contribution in [0.25, 0.3) is 0 Å². The van der Waals surface area contributed by atoms with Crippen molar-refractivity contribution in [3.8, 4) is 5.88 Å². The highest BCUT2D eigenvalue weighted by atomic mass is 19.4. The van der Waals surface area contributed by atoms with Crippen LogP contribution >= 0.6 is 0 Å². The Kier molecular flexibility index (Phi) is 6.44. The molecule has 0 aromatic carbocycles. The molecule has 1 aliphatic rings. The van der Waals surface area contributed by atoms with Crippen molar-refractivity contribution in [1.82, 2.24) is 4.98 Å². The fourth-order valence-electron chi connectivity index (χ4n) is 3.34. The highest BCUT2D eigenvalue weighted by Crippen LogP contribution is 2.35. The van der Waals surface area contributed by atoms with Gasteiger partial charge in [0.2, 0.25) is 5.88 Å². The Balaban J connectivity index is 2.40. The Morgan fingerprint density at radius 3 is 2.54 bits per heavy atom. The molecule has 0 spiro atoms. The molecule has 0 saturated carbocycles. The first-order valence-electron chi connectivity index (χ1n) is 8.94. The van der Waals surface area contributed by atoms with E-state index in [1.807, 2.05) is 20.8 Å². The van der Waals surface area contributed by atoms with Gasteiger partial charge in [0.25, 0.3) is 0 Å². The summed E-state index contributed by atoms with van der Waals surface area (Å²) in [7, 11) is -1.82. The van der Waals surface area contributed by atoms with Crippen molar-refractivity contribution in [2.75, 3.05) is 11.4 Å². The van der Waals surface area contributed by atoms with Gasteiger partial charge in [0, 0.05) is 12.6 Å². The molecule has 9 heteroatoms. The van der Waals surface area contributed by atoms with Crippen LogP contribution in [0.2, 0.25) is 0 Å². The van der Waals surface area contributed by atoms with Crippen LogP contribution < -0.4 is 15.1 Å². The van der Waals surface area contributed by atoms with E-state index in [2.05, 4.69) is 4.98 Å². The lowest BCUT2D eigenvalue weighted by atomic mass is 9.80. The number of halogens is 3. The number of rotatable bonds is 6.